The Balaban J connectivity index is 1.42. The van der Waals surface area contributed by atoms with Gasteiger partial charge in [0.05, 0.1) is 28.1 Å². The van der Waals surface area contributed by atoms with Crippen molar-refractivity contribution in [3.63, 3.8) is 0 Å². The highest BCUT2D eigenvalue weighted by atomic mass is 19.1. The van der Waals surface area contributed by atoms with Crippen molar-refractivity contribution in [2.24, 2.45) is 5.41 Å². The number of likely N-dealkylation sites (tertiary alicyclic amines) is 1. The van der Waals surface area contributed by atoms with Crippen molar-refractivity contribution in [1.82, 2.24) is 25.1 Å². The lowest BCUT2D eigenvalue weighted by molar-refractivity contribution is -0.135. The molecule has 1 saturated heterocycles. The monoisotopic (exact) mass is 505 g/mol. The van der Waals surface area contributed by atoms with Gasteiger partial charge >= 0.3 is 0 Å². The molecule has 3 atom stereocenters. The van der Waals surface area contributed by atoms with Crippen LogP contribution in [0.1, 0.15) is 74.1 Å². The summed E-state index contributed by atoms with van der Waals surface area (Å²) in [6.45, 7) is 5.03. The van der Waals surface area contributed by atoms with E-state index < -0.39 is 23.7 Å². The number of benzene rings is 1. The van der Waals surface area contributed by atoms with Gasteiger partial charge in [0.25, 0.3) is 0 Å². The third-order valence-corrected chi connectivity index (χ3v) is 8.99. The largest absolute Gasteiger partial charge is 0.387 e. The van der Waals surface area contributed by atoms with Crippen molar-refractivity contribution in [2.75, 3.05) is 19.7 Å². The van der Waals surface area contributed by atoms with Crippen LogP contribution < -0.4 is 0 Å². The molecule has 3 heterocycles. The number of carbonyl (C=O) groups excluding carboxylic acids is 1. The van der Waals surface area contributed by atoms with Crippen LogP contribution in [0.5, 0.6) is 0 Å². The quantitative estimate of drug-likeness (QED) is 0.574. The van der Waals surface area contributed by atoms with Crippen molar-refractivity contribution >= 4 is 5.91 Å². The molecule has 1 saturated carbocycles. The first-order valence-electron chi connectivity index (χ1n) is 12.8. The van der Waals surface area contributed by atoms with Gasteiger partial charge in [-0.15, -0.1) is 5.10 Å². The second kappa shape index (κ2) is 8.62. The number of aromatic nitrogens is 4. The minimum absolute atomic E-state index is 0.0146. The van der Waals surface area contributed by atoms with Gasteiger partial charge in [-0.2, -0.15) is 5.10 Å². The van der Waals surface area contributed by atoms with Crippen LogP contribution in [-0.4, -0.2) is 55.8 Å². The maximum atomic E-state index is 14.5. The summed E-state index contributed by atoms with van der Waals surface area (Å²) < 4.78 is 29.1. The zero-order valence-corrected chi connectivity index (χ0v) is 20.9. The summed E-state index contributed by atoms with van der Waals surface area (Å²) in [5.41, 5.74) is 1.96. The van der Waals surface area contributed by atoms with E-state index in [-0.39, 0.29) is 34.4 Å². The van der Waals surface area contributed by atoms with Gasteiger partial charge in [-0.3, -0.25) is 4.79 Å². The number of hydrogen-bond acceptors (Lipinski definition) is 6. The fourth-order valence-corrected chi connectivity index (χ4v) is 7.08. The first-order valence-corrected chi connectivity index (χ1v) is 12.8. The van der Waals surface area contributed by atoms with Crippen molar-refractivity contribution in [2.45, 2.75) is 56.8 Å². The maximum Gasteiger partial charge on any atom is 0.248 e. The normalized spacial score (nSPS) is 25.8. The molecule has 192 valence electrons. The molecule has 6 rings (SSSR count). The lowest BCUT2D eigenvalue weighted by Crippen LogP contribution is -2.41. The van der Waals surface area contributed by atoms with Gasteiger partial charge < -0.3 is 10.0 Å². The number of rotatable bonds is 4. The summed E-state index contributed by atoms with van der Waals surface area (Å²) >= 11 is 0. The predicted octanol–water partition coefficient (Wildman–Crippen LogP) is 4.11. The molecule has 37 heavy (non-hydrogen) atoms. The average Bonchev–Trinajstić information content (AvgIpc) is 3.29. The van der Waals surface area contributed by atoms with Gasteiger partial charge in [0, 0.05) is 25.2 Å². The van der Waals surface area contributed by atoms with E-state index in [2.05, 4.69) is 29.0 Å². The number of hydrogen-bond donors (Lipinski definition) is 1. The predicted molar refractivity (Wildman–Crippen MR) is 132 cm³/mol. The fraction of sp³-hybridized carbons (Fsp3) is 0.464. The Kier molecular flexibility index (Phi) is 5.60. The molecule has 2 aliphatic carbocycles. The Morgan fingerprint density at radius 3 is 2.70 bits per heavy atom. The molecule has 1 N–H and O–H groups in total. The Morgan fingerprint density at radius 2 is 1.95 bits per heavy atom. The van der Waals surface area contributed by atoms with Crippen molar-refractivity contribution in [1.29, 1.82) is 0 Å². The van der Waals surface area contributed by atoms with Crippen LogP contribution in [0.2, 0.25) is 0 Å². The summed E-state index contributed by atoms with van der Waals surface area (Å²) in [5.74, 6) is -0.771. The highest BCUT2D eigenvalue weighted by Gasteiger charge is 2.65. The molecule has 1 amide bonds. The number of carbonyl (C=O) groups is 1. The minimum atomic E-state index is -0.659. The van der Waals surface area contributed by atoms with E-state index >= 15 is 0 Å². The van der Waals surface area contributed by atoms with Crippen LogP contribution in [0.15, 0.2) is 36.5 Å². The van der Waals surface area contributed by atoms with E-state index in [1.807, 2.05) is 6.07 Å². The number of nitrogens with zero attached hydrogens (tertiary/aromatic N) is 5. The van der Waals surface area contributed by atoms with Gasteiger partial charge in [-0.25, -0.2) is 18.7 Å². The van der Waals surface area contributed by atoms with E-state index in [9.17, 15) is 18.7 Å². The molecule has 1 aromatic carbocycles. The molecule has 1 unspecified atom stereocenters. The summed E-state index contributed by atoms with van der Waals surface area (Å²) in [6, 6.07) is 7.54. The van der Waals surface area contributed by atoms with Gasteiger partial charge in [-0.1, -0.05) is 19.9 Å². The Labute approximate surface area is 214 Å². The van der Waals surface area contributed by atoms with Gasteiger partial charge in [0.2, 0.25) is 5.91 Å². The molecule has 2 bridgehead atoms. The maximum absolute atomic E-state index is 14.5. The zero-order chi connectivity index (χ0) is 25.9. The topological polar surface area (TPSA) is 92.1 Å². The van der Waals surface area contributed by atoms with E-state index in [0.29, 0.717) is 18.9 Å². The number of halogens is 2. The Hall–Kier alpha value is -3.33. The third-order valence-electron chi connectivity index (χ3n) is 8.99. The number of aliphatic hydroxyl groups is 1. The van der Waals surface area contributed by atoms with Gasteiger partial charge in [0.1, 0.15) is 24.1 Å². The molecule has 3 aliphatic rings. The van der Waals surface area contributed by atoms with Crippen molar-refractivity contribution in [3.8, 4) is 11.3 Å². The molecule has 3 aromatic rings. The van der Waals surface area contributed by atoms with Crippen molar-refractivity contribution in [3.05, 3.63) is 70.9 Å². The summed E-state index contributed by atoms with van der Waals surface area (Å²) in [7, 11) is 0. The van der Waals surface area contributed by atoms with Crippen molar-refractivity contribution < 1.29 is 18.7 Å². The highest BCUT2D eigenvalue weighted by Crippen LogP contribution is 2.69. The van der Waals surface area contributed by atoms with E-state index in [0.717, 1.165) is 42.6 Å². The zero-order valence-electron chi connectivity index (χ0n) is 20.9. The molecule has 2 fully saturated rings. The van der Waals surface area contributed by atoms with Crippen LogP contribution in [0.4, 0.5) is 8.78 Å². The second-order valence-electron chi connectivity index (χ2n) is 11.0. The molecule has 2 aromatic heterocycles. The fourth-order valence-electron chi connectivity index (χ4n) is 7.08. The number of aliphatic hydroxyl groups excluding tert-OH is 1. The standard InChI is InChI=1S/C28H29F2N5O2/c1-27(2)18-8-10-28(27,25-17(18)13-21(33-34-25)24-19(29)6-3-7-20(24)30)22-9-11-31-26(32-22)16-5-4-12-35(14-16)23(37)15-36/h3,6-7,9,11,13,16,18,36H,4-5,8,10,12,14-15H2,1-2H3/t16?,18-,28+/m0/s1. The van der Waals surface area contributed by atoms with Crippen LogP contribution in [-0.2, 0) is 10.2 Å². The first kappa shape index (κ1) is 24.0. The molecule has 0 radical (unpaired) electrons. The second-order valence-corrected chi connectivity index (χ2v) is 11.0. The van der Waals surface area contributed by atoms with Crippen LogP contribution in [0.25, 0.3) is 11.3 Å². The summed E-state index contributed by atoms with van der Waals surface area (Å²) in [4.78, 5) is 23.4. The SMILES string of the molecule is CC1(C)[C@H]2CC[C@@]1(c1ccnc(C3CCCN(C(=O)CO)C3)n1)c1nnc(-c3c(F)cccc3F)cc12. The average molecular weight is 506 g/mol. The number of fused-ring (bicyclic) bond motifs is 5. The van der Waals surface area contributed by atoms with Crippen LogP contribution in [0.3, 0.4) is 0 Å². The first-order chi connectivity index (χ1) is 17.8. The summed E-state index contributed by atoms with van der Waals surface area (Å²) in [6.07, 6.45) is 5.22. The number of amides is 1. The molecule has 0 spiro atoms. The molecular formula is C28H29F2N5O2. The Bertz CT molecular complexity index is 1380. The molecule has 9 heteroatoms. The summed E-state index contributed by atoms with van der Waals surface area (Å²) in [5, 5.41) is 18.2. The molecule has 7 nitrogen and oxygen atoms in total. The van der Waals surface area contributed by atoms with Gasteiger partial charge in [-0.05, 0) is 66.8 Å². The molecular weight excluding hydrogens is 476 g/mol. The lowest BCUT2D eigenvalue weighted by atomic mass is 9.66. The van der Waals surface area contributed by atoms with Gasteiger partial charge in [0.15, 0.2) is 0 Å². The van der Waals surface area contributed by atoms with Crippen LogP contribution >= 0.6 is 0 Å². The van der Waals surface area contributed by atoms with Crippen LogP contribution in [0, 0.1) is 17.0 Å². The van der Waals surface area contributed by atoms with E-state index in [4.69, 9.17) is 4.98 Å². The highest BCUT2D eigenvalue weighted by molar-refractivity contribution is 5.77. The lowest BCUT2D eigenvalue weighted by Gasteiger charge is -2.38. The van der Waals surface area contributed by atoms with E-state index in [1.54, 1.807) is 17.2 Å². The Morgan fingerprint density at radius 1 is 1.16 bits per heavy atom. The molecule has 1 aliphatic heterocycles. The smallest absolute Gasteiger partial charge is 0.248 e. The number of piperidine rings is 1. The minimum Gasteiger partial charge on any atom is -0.387 e. The third kappa shape index (κ3) is 3.43. The van der Waals surface area contributed by atoms with E-state index in [1.165, 1.54) is 18.2 Å².